The fraction of sp³-hybridized carbons (Fsp3) is 0. The summed E-state index contributed by atoms with van der Waals surface area (Å²) in [6.07, 6.45) is 2.73. The minimum absolute atomic E-state index is 0.304. The van der Waals surface area contributed by atoms with E-state index in [1.54, 1.807) is 24.3 Å². The summed E-state index contributed by atoms with van der Waals surface area (Å²) in [5, 5.41) is 39.2. The summed E-state index contributed by atoms with van der Waals surface area (Å²) in [7, 11) is 0. The lowest BCUT2D eigenvalue weighted by Gasteiger charge is -2.08. The summed E-state index contributed by atoms with van der Waals surface area (Å²) >= 11 is 2.81. The van der Waals surface area contributed by atoms with Crippen LogP contribution in [0, 0.1) is 22.7 Å². The molecule has 37 heavy (non-hydrogen) atoms. The summed E-state index contributed by atoms with van der Waals surface area (Å²) in [5.74, 6) is -2.49. The number of rotatable bonds is 8. The van der Waals surface area contributed by atoms with Crippen molar-refractivity contribution in [1.82, 2.24) is 0 Å². The van der Waals surface area contributed by atoms with E-state index in [2.05, 4.69) is 5.32 Å². The molecule has 0 aliphatic heterocycles. The lowest BCUT2D eigenvalue weighted by molar-refractivity contribution is -0.133. The summed E-state index contributed by atoms with van der Waals surface area (Å²) in [6, 6.07) is 26.4. The number of hydrogen-bond donors (Lipinski definition) is 3. The number of benzene rings is 2. The Balaban J connectivity index is 1.43. The largest absolute Gasteiger partial charge is 0.477 e. The highest BCUT2D eigenvalue weighted by atomic mass is 32.1. The van der Waals surface area contributed by atoms with E-state index in [-0.39, 0.29) is 11.1 Å². The van der Waals surface area contributed by atoms with Crippen molar-refractivity contribution in [3.63, 3.8) is 0 Å². The van der Waals surface area contributed by atoms with Crippen LogP contribution in [0.15, 0.2) is 83.9 Å². The Kier molecular flexibility index (Phi) is 7.60. The molecule has 0 amide bonds. The van der Waals surface area contributed by atoms with Gasteiger partial charge in [-0.05, 0) is 71.8 Å². The highest BCUT2D eigenvalue weighted by Crippen LogP contribution is 2.32. The molecule has 180 valence electrons. The molecule has 0 saturated carbocycles. The van der Waals surface area contributed by atoms with Crippen molar-refractivity contribution in [2.24, 2.45) is 0 Å². The topological polar surface area (TPSA) is 134 Å². The van der Waals surface area contributed by atoms with Gasteiger partial charge in [-0.3, -0.25) is 0 Å². The predicted octanol–water partition coefficient (Wildman–Crippen LogP) is 6.87. The van der Waals surface area contributed by atoms with Gasteiger partial charge in [0, 0.05) is 30.9 Å². The van der Waals surface area contributed by atoms with E-state index < -0.39 is 11.9 Å². The van der Waals surface area contributed by atoms with Crippen LogP contribution in [-0.2, 0) is 9.59 Å². The van der Waals surface area contributed by atoms with E-state index in [0.717, 1.165) is 32.3 Å². The van der Waals surface area contributed by atoms with Crippen LogP contribution in [0.4, 0.5) is 11.4 Å². The Morgan fingerprint density at radius 1 is 0.649 bits per heavy atom. The van der Waals surface area contributed by atoms with Gasteiger partial charge in [0.15, 0.2) is 0 Å². The van der Waals surface area contributed by atoms with Gasteiger partial charge >= 0.3 is 11.9 Å². The molecular weight excluding hydrogens is 506 g/mol. The third-order valence-electron chi connectivity index (χ3n) is 5.16. The SMILES string of the molecule is N#C/C(=C\c1ccc(-c2ccc(Nc3ccc(-c4ccc(/C=C(\C#N)C(=O)O)s4)cc3)cc2)s1)C(=O)O. The molecule has 0 spiro atoms. The maximum absolute atomic E-state index is 11.0. The van der Waals surface area contributed by atoms with Crippen molar-refractivity contribution in [3.8, 4) is 33.0 Å². The van der Waals surface area contributed by atoms with E-state index in [4.69, 9.17) is 20.7 Å². The molecule has 7 nitrogen and oxygen atoms in total. The number of carboxylic acid groups (broad SMARTS) is 2. The smallest absolute Gasteiger partial charge is 0.346 e. The highest BCUT2D eigenvalue weighted by Gasteiger charge is 2.09. The van der Waals surface area contributed by atoms with E-state index in [9.17, 15) is 9.59 Å². The standard InChI is InChI=1S/C28H17N3O4S2/c29-15-19(27(32)33)13-23-9-11-25(36-23)17-1-5-21(6-2-17)31-22-7-3-18(4-8-22)26-12-10-24(37-26)14-20(16-30)28(34)35/h1-14,31H,(H,32,33)(H,34,35)/b19-13+,20-14+. The molecule has 0 saturated heterocycles. The second-order valence-corrected chi connectivity index (χ2v) is 9.86. The lowest BCUT2D eigenvalue weighted by Crippen LogP contribution is -1.96. The van der Waals surface area contributed by atoms with Crippen LogP contribution in [0.1, 0.15) is 9.75 Å². The van der Waals surface area contributed by atoms with E-state index in [0.29, 0.717) is 9.75 Å². The maximum Gasteiger partial charge on any atom is 0.346 e. The number of carbonyl (C=O) groups is 2. The second-order valence-electron chi connectivity index (χ2n) is 7.63. The minimum atomic E-state index is -1.25. The van der Waals surface area contributed by atoms with Crippen LogP contribution in [0.25, 0.3) is 33.0 Å². The first-order valence-corrected chi connectivity index (χ1v) is 12.4. The van der Waals surface area contributed by atoms with Crippen LogP contribution in [0.5, 0.6) is 0 Å². The zero-order valence-electron chi connectivity index (χ0n) is 19.0. The number of aliphatic carboxylic acids is 2. The van der Waals surface area contributed by atoms with Gasteiger partial charge in [-0.2, -0.15) is 10.5 Å². The molecule has 2 heterocycles. The molecule has 4 rings (SSSR count). The molecule has 0 unspecified atom stereocenters. The number of nitrogens with one attached hydrogen (secondary N) is 1. The molecule has 2 aromatic carbocycles. The Bertz CT molecular complexity index is 1490. The van der Waals surface area contributed by atoms with E-state index >= 15 is 0 Å². The van der Waals surface area contributed by atoms with Gasteiger partial charge in [-0.1, -0.05) is 24.3 Å². The molecule has 2 aromatic heterocycles. The summed E-state index contributed by atoms with van der Waals surface area (Å²) in [6.45, 7) is 0. The van der Waals surface area contributed by atoms with Crippen LogP contribution in [0.3, 0.4) is 0 Å². The van der Waals surface area contributed by atoms with E-state index in [1.807, 2.05) is 60.7 Å². The van der Waals surface area contributed by atoms with Gasteiger partial charge in [-0.25, -0.2) is 9.59 Å². The number of thiophene rings is 2. The maximum atomic E-state index is 11.0. The van der Waals surface area contributed by atoms with Gasteiger partial charge in [0.1, 0.15) is 23.3 Å². The van der Waals surface area contributed by atoms with Crippen molar-refractivity contribution < 1.29 is 19.8 Å². The Morgan fingerprint density at radius 2 is 1.03 bits per heavy atom. The number of carboxylic acids is 2. The van der Waals surface area contributed by atoms with Gasteiger partial charge in [0.05, 0.1) is 0 Å². The normalized spacial score (nSPS) is 11.4. The third kappa shape index (κ3) is 6.19. The number of nitriles is 2. The average Bonchev–Trinajstić information content (AvgIpc) is 3.56. The van der Waals surface area contributed by atoms with Gasteiger partial charge in [-0.15, -0.1) is 22.7 Å². The zero-order valence-corrected chi connectivity index (χ0v) is 20.6. The summed E-state index contributed by atoms with van der Waals surface area (Å²) < 4.78 is 0. The van der Waals surface area contributed by atoms with Gasteiger partial charge < -0.3 is 15.5 Å². The monoisotopic (exact) mass is 523 g/mol. The van der Waals surface area contributed by atoms with Crippen LogP contribution >= 0.6 is 22.7 Å². The van der Waals surface area contributed by atoms with Crippen molar-refractivity contribution in [1.29, 1.82) is 10.5 Å². The first-order chi connectivity index (χ1) is 17.9. The molecule has 0 atom stereocenters. The number of anilines is 2. The molecule has 0 aliphatic rings. The molecule has 9 heteroatoms. The Morgan fingerprint density at radius 3 is 1.35 bits per heavy atom. The average molecular weight is 524 g/mol. The molecule has 3 N–H and O–H groups in total. The fourth-order valence-corrected chi connectivity index (χ4v) is 5.26. The quantitative estimate of drug-likeness (QED) is 0.169. The predicted molar refractivity (Wildman–Crippen MR) is 145 cm³/mol. The van der Waals surface area contributed by atoms with Gasteiger partial charge in [0.25, 0.3) is 0 Å². The van der Waals surface area contributed by atoms with Crippen molar-refractivity contribution in [3.05, 3.63) is 93.7 Å². The molecule has 0 fully saturated rings. The summed E-state index contributed by atoms with van der Waals surface area (Å²) in [5.41, 5.74) is 3.14. The molecular formula is C28H17N3O4S2. The minimum Gasteiger partial charge on any atom is -0.477 e. The first kappa shape index (κ1) is 25.1. The lowest BCUT2D eigenvalue weighted by atomic mass is 10.1. The summed E-state index contributed by atoms with van der Waals surface area (Å²) in [4.78, 5) is 25.4. The van der Waals surface area contributed by atoms with Gasteiger partial charge in [0.2, 0.25) is 0 Å². The molecule has 0 bridgehead atoms. The van der Waals surface area contributed by atoms with Crippen LogP contribution < -0.4 is 5.32 Å². The van der Waals surface area contributed by atoms with Crippen LogP contribution in [0.2, 0.25) is 0 Å². The van der Waals surface area contributed by atoms with Crippen LogP contribution in [-0.4, -0.2) is 22.2 Å². The molecule has 0 aliphatic carbocycles. The zero-order chi connectivity index (χ0) is 26.4. The van der Waals surface area contributed by atoms with Crippen molar-refractivity contribution in [2.75, 3.05) is 5.32 Å². The first-order valence-electron chi connectivity index (χ1n) is 10.7. The van der Waals surface area contributed by atoms with E-state index in [1.165, 1.54) is 34.8 Å². The molecule has 4 aromatic rings. The number of nitrogens with zero attached hydrogens (tertiary/aromatic N) is 2. The molecule has 0 radical (unpaired) electrons. The fourth-order valence-electron chi connectivity index (χ4n) is 3.34. The van der Waals surface area contributed by atoms with Crippen molar-refractivity contribution >= 4 is 58.1 Å². The third-order valence-corrected chi connectivity index (χ3v) is 7.32. The Hall–Kier alpha value is -4.96. The number of hydrogen-bond acceptors (Lipinski definition) is 7. The Labute approximate surface area is 220 Å². The van der Waals surface area contributed by atoms with Crippen molar-refractivity contribution in [2.45, 2.75) is 0 Å². The highest BCUT2D eigenvalue weighted by molar-refractivity contribution is 7.16. The second kappa shape index (κ2) is 11.2.